The van der Waals surface area contributed by atoms with E-state index in [0.717, 1.165) is 24.8 Å². The van der Waals surface area contributed by atoms with Crippen LogP contribution in [-0.2, 0) is 0 Å². The summed E-state index contributed by atoms with van der Waals surface area (Å²) < 4.78 is 13.1. The van der Waals surface area contributed by atoms with Gasteiger partial charge in [0.05, 0.1) is 19.1 Å². The monoisotopic (exact) mass is 222 g/mol. The molecule has 3 rings (SSSR count). The van der Waals surface area contributed by atoms with Gasteiger partial charge in [0, 0.05) is 6.54 Å². The summed E-state index contributed by atoms with van der Waals surface area (Å²) >= 11 is 0. The Balaban J connectivity index is 1.80. The number of rotatable bonds is 0. The molecule has 0 bridgehead atoms. The van der Waals surface area contributed by atoms with Gasteiger partial charge in [-0.3, -0.25) is 4.99 Å². The lowest BCUT2D eigenvalue weighted by Gasteiger charge is -2.26. The Morgan fingerprint density at radius 1 is 1.38 bits per heavy atom. The summed E-state index contributed by atoms with van der Waals surface area (Å²) in [7, 11) is 0. The second-order valence-electron chi connectivity index (χ2n) is 4.52. The first-order valence-electron chi connectivity index (χ1n) is 5.73. The minimum Gasteiger partial charge on any atom is -0.352 e. The molecule has 3 heterocycles. The quantitative estimate of drug-likeness (QED) is 0.612. The maximum Gasteiger partial charge on any atom is 0.149 e. The van der Waals surface area contributed by atoms with E-state index in [2.05, 4.69) is 17.0 Å². The molecule has 0 spiro atoms. The zero-order chi connectivity index (χ0) is 11.1. The highest BCUT2D eigenvalue weighted by molar-refractivity contribution is 6.05. The Kier molecular flexibility index (Phi) is 2.19. The molecule has 1 fully saturated rings. The molecule has 0 aromatic heterocycles. The molecular weight excluding hydrogens is 207 g/mol. The molecule has 2 unspecified atom stereocenters. The second-order valence-corrected chi connectivity index (χ2v) is 4.52. The van der Waals surface area contributed by atoms with Gasteiger partial charge in [-0.05, 0) is 25.5 Å². The van der Waals surface area contributed by atoms with Crippen LogP contribution in [-0.4, -0.2) is 53.4 Å². The first-order chi connectivity index (χ1) is 7.74. The van der Waals surface area contributed by atoms with Gasteiger partial charge in [0.1, 0.15) is 17.8 Å². The van der Waals surface area contributed by atoms with E-state index in [9.17, 15) is 4.39 Å². The number of hydrogen-bond acceptors (Lipinski definition) is 4. The molecule has 0 N–H and O–H groups in total. The van der Waals surface area contributed by atoms with Gasteiger partial charge in [-0.2, -0.15) is 5.10 Å². The summed E-state index contributed by atoms with van der Waals surface area (Å²) in [4.78, 5) is 6.37. The second kappa shape index (κ2) is 3.57. The fourth-order valence-electron chi connectivity index (χ4n) is 2.27. The molecule has 0 aromatic rings. The van der Waals surface area contributed by atoms with Crippen LogP contribution in [0.4, 0.5) is 4.39 Å². The van der Waals surface area contributed by atoms with Crippen molar-refractivity contribution in [1.82, 2.24) is 9.91 Å². The molecule has 3 aliphatic heterocycles. The van der Waals surface area contributed by atoms with Crippen molar-refractivity contribution in [2.24, 2.45) is 10.1 Å². The number of halogens is 1. The molecule has 0 aromatic carbocycles. The number of nitrogens with zero attached hydrogens (tertiary/aromatic N) is 4. The van der Waals surface area contributed by atoms with E-state index < -0.39 is 6.17 Å². The average Bonchev–Trinajstić information content (AvgIpc) is 2.86. The van der Waals surface area contributed by atoms with Crippen molar-refractivity contribution in [3.63, 3.8) is 0 Å². The Bertz CT molecular complexity index is 387. The van der Waals surface area contributed by atoms with E-state index >= 15 is 0 Å². The Morgan fingerprint density at radius 2 is 2.19 bits per heavy atom. The summed E-state index contributed by atoms with van der Waals surface area (Å²) in [5, 5.41) is 6.46. The van der Waals surface area contributed by atoms with Crippen LogP contribution in [0.2, 0.25) is 0 Å². The van der Waals surface area contributed by atoms with Crippen LogP contribution in [0.5, 0.6) is 0 Å². The highest BCUT2D eigenvalue weighted by Gasteiger charge is 2.29. The Hall–Kier alpha value is -1.39. The molecule has 2 atom stereocenters. The Morgan fingerprint density at radius 3 is 2.94 bits per heavy atom. The number of hydrogen-bond donors (Lipinski definition) is 0. The number of amidine groups is 2. The maximum atomic E-state index is 13.1. The minimum atomic E-state index is -0.706. The Labute approximate surface area is 94.1 Å². The van der Waals surface area contributed by atoms with E-state index in [4.69, 9.17) is 0 Å². The van der Waals surface area contributed by atoms with Crippen molar-refractivity contribution in [3.05, 3.63) is 12.2 Å². The number of fused-ring (bicyclic) bond motifs is 1. The lowest BCUT2D eigenvalue weighted by molar-refractivity contribution is 0.335. The van der Waals surface area contributed by atoms with Crippen molar-refractivity contribution in [1.29, 1.82) is 0 Å². The van der Waals surface area contributed by atoms with Crippen molar-refractivity contribution in [2.75, 3.05) is 19.6 Å². The third-order valence-electron chi connectivity index (χ3n) is 3.22. The van der Waals surface area contributed by atoms with Gasteiger partial charge < -0.3 is 4.90 Å². The summed E-state index contributed by atoms with van der Waals surface area (Å²) in [5.74, 6) is 1.79. The topological polar surface area (TPSA) is 31.2 Å². The van der Waals surface area contributed by atoms with Crippen molar-refractivity contribution in [3.8, 4) is 0 Å². The third-order valence-corrected chi connectivity index (χ3v) is 3.22. The molecule has 0 aliphatic carbocycles. The molecule has 0 saturated carbocycles. The molecule has 4 nitrogen and oxygen atoms in total. The zero-order valence-electron chi connectivity index (χ0n) is 9.30. The van der Waals surface area contributed by atoms with E-state index in [-0.39, 0.29) is 0 Å². The van der Waals surface area contributed by atoms with Gasteiger partial charge in [-0.15, -0.1) is 0 Å². The molecule has 86 valence electrons. The normalized spacial score (nSPS) is 32.9. The highest BCUT2D eigenvalue weighted by Crippen LogP contribution is 2.19. The number of alkyl halides is 1. The van der Waals surface area contributed by atoms with Gasteiger partial charge in [0.25, 0.3) is 0 Å². The smallest absolute Gasteiger partial charge is 0.149 e. The van der Waals surface area contributed by atoms with Gasteiger partial charge in [-0.25, -0.2) is 9.40 Å². The molecule has 5 heteroatoms. The number of hydrazone groups is 1. The minimum absolute atomic E-state index is 0.318. The molecule has 1 saturated heterocycles. The summed E-state index contributed by atoms with van der Waals surface area (Å²) in [6, 6.07) is 0.318. The molecule has 0 radical (unpaired) electrons. The van der Waals surface area contributed by atoms with Gasteiger partial charge in [0.2, 0.25) is 0 Å². The third kappa shape index (κ3) is 1.50. The van der Waals surface area contributed by atoms with Gasteiger partial charge in [-0.1, -0.05) is 0 Å². The summed E-state index contributed by atoms with van der Waals surface area (Å²) in [6.45, 7) is 4.12. The van der Waals surface area contributed by atoms with Crippen molar-refractivity contribution < 1.29 is 4.39 Å². The van der Waals surface area contributed by atoms with Crippen molar-refractivity contribution >= 4 is 11.7 Å². The number of aliphatic imine (C=N–C) groups is 1. The average molecular weight is 222 g/mol. The van der Waals surface area contributed by atoms with Crippen LogP contribution in [0.25, 0.3) is 0 Å². The van der Waals surface area contributed by atoms with Gasteiger partial charge in [0.15, 0.2) is 0 Å². The summed E-state index contributed by atoms with van der Waals surface area (Å²) in [6.07, 6.45) is 3.81. The van der Waals surface area contributed by atoms with Crippen LogP contribution < -0.4 is 0 Å². The van der Waals surface area contributed by atoms with Crippen LogP contribution in [0.1, 0.15) is 13.3 Å². The van der Waals surface area contributed by atoms with E-state index in [1.807, 2.05) is 22.1 Å². The summed E-state index contributed by atoms with van der Waals surface area (Å²) in [5.41, 5.74) is 0. The zero-order valence-corrected chi connectivity index (χ0v) is 9.30. The fraction of sp³-hybridized carbons (Fsp3) is 0.636. The predicted molar refractivity (Wildman–Crippen MR) is 61.3 cm³/mol. The maximum absolute atomic E-state index is 13.1. The van der Waals surface area contributed by atoms with Crippen LogP contribution in [0.15, 0.2) is 22.2 Å². The largest absolute Gasteiger partial charge is 0.352 e. The standard InChI is InChI=1S/C11H15FN4/c1-8-6-13-10-2-3-11(14-16(8)10)15-5-4-9(12)7-15/h2-3,8-9H,4-7H2,1H3. The molecule has 3 aliphatic rings. The van der Waals surface area contributed by atoms with E-state index in [0.29, 0.717) is 19.0 Å². The lowest BCUT2D eigenvalue weighted by Crippen LogP contribution is -2.37. The first kappa shape index (κ1) is 9.81. The fourth-order valence-corrected chi connectivity index (χ4v) is 2.27. The van der Waals surface area contributed by atoms with Crippen LogP contribution in [0.3, 0.4) is 0 Å². The number of likely N-dealkylation sites (tertiary alicyclic amines) is 1. The van der Waals surface area contributed by atoms with E-state index in [1.54, 1.807) is 0 Å². The van der Waals surface area contributed by atoms with E-state index in [1.165, 1.54) is 0 Å². The van der Waals surface area contributed by atoms with Crippen LogP contribution in [0, 0.1) is 0 Å². The first-order valence-corrected chi connectivity index (χ1v) is 5.73. The molecule has 16 heavy (non-hydrogen) atoms. The lowest BCUT2D eigenvalue weighted by atomic mass is 10.3. The predicted octanol–water partition coefficient (Wildman–Crippen LogP) is 1.02. The SMILES string of the molecule is CC1CN=C2C=CC(N3CCC(F)C3)=NN21. The highest BCUT2D eigenvalue weighted by atomic mass is 19.1. The van der Waals surface area contributed by atoms with Crippen molar-refractivity contribution in [2.45, 2.75) is 25.6 Å². The van der Waals surface area contributed by atoms with Gasteiger partial charge >= 0.3 is 0 Å². The molecular formula is C11H15FN4. The van der Waals surface area contributed by atoms with Crippen LogP contribution >= 0.6 is 0 Å². The molecule has 0 amide bonds.